The van der Waals surface area contributed by atoms with Crippen molar-refractivity contribution >= 4 is 44.9 Å². The number of sulfonamides is 1. The lowest BCUT2D eigenvalue weighted by atomic mass is 10.3. The van der Waals surface area contributed by atoms with E-state index in [1.807, 2.05) is 0 Å². The maximum Gasteiger partial charge on any atom is 0.293 e. The fraction of sp³-hybridized carbons (Fsp3) is 0.455. The summed E-state index contributed by atoms with van der Waals surface area (Å²) in [6.07, 6.45) is 0. The van der Waals surface area contributed by atoms with Crippen LogP contribution in [0.3, 0.4) is 0 Å². The molecule has 0 spiro atoms. The average Bonchev–Trinajstić information content (AvgIpc) is 2.46. The standard InChI is InChI=1S/C11H15N3O4S3/c12-10-2-1-9(5-11(10)14(15)16)21(17,18)13-6-8-7-19-3-4-20-8/h1-2,5,8,13H,3-4,6-7,12H2. The van der Waals surface area contributed by atoms with E-state index in [-0.39, 0.29) is 15.8 Å². The predicted octanol–water partition coefficient (Wildman–Crippen LogP) is 1.30. The average molecular weight is 349 g/mol. The number of hydrogen-bond donors (Lipinski definition) is 2. The number of nitrogen functional groups attached to an aromatic ring is 1. The highest BCUT2D eigenvalue weighted by atomic mass is 32.2. The lowest BCUT2D eigenvalue weighted by Crippen LogP contribution is -2.33. The van der Waals surface area contributed by atoms with Crippen molar-refractivity contribution in [2.45, 2.75) is 10.1 Å². The van der Waals surface area contributed by atoms with Crippen molar-refractivity contribution < 1.29 is 13.3 Å². The van der Waals surface area contributed by atoms with Gasteiger partial charge < -0.3 is 5.73 Å². The number of nitro benzene ring substituents is 1. The molecule has 116 valence electrons. The van der Waals surface area contributed by atoms with E-state index in [1.54, 1.807) is 23.5 Å². The number of hydrogen-bond acceptors (Lipinski definition) is 7. The highest BCUT2D eigenvalue weighted by molar-refractivity contribution is 8.06. The molecule has 0 amide bonds. The predicted molar refractivity (Wildman–Crippen MR) is 86.3 cm³/mol. The molecule has 1 atom stereocenters. The van der Waals surface area contributed by atoms with Crippen LogP contribution in [0.15, 0.2) is 23.1 Å². The Labute approximate surface area is 131 Å². The van der Waals surface area contributed by atoms with Crippen LogP contribution in [0.4, 0.5) is 11.4 Å². The molecule has 1 fully saturated rings. The minimum atomic E-state index is -3.77. The van der Waals surface area contributed by atoms with Crippen LogP contribution in [0.1, 0.15) is 0 Å². The van der Waals surface area contributed by atoms with E-state index in [0.29, 0.717) is 6.54 Å². The molecule has 1 aliphatic rings. The number of anilines is 1. The molecule has 0 saturated carbocycles. The Hall–Kier alpha value is -0.970. The quantitative estimate of drug-likeness (QED) is 0.468. The first-order valence-electron chi connectivity index (χ1n) is 6.13. The van der Waals surface area contributed by atoms with Gasteiger partial charge in [-0.3, -0.25) is 10.1 Å². The summed E-state index contributed by atoms with van der Waals surface area (Å²) >= 11 is 3.53. The number of thioether (sulfide) groups is 2. The van der Waals surface area contributed by atoms with Gasteiger partial charge in [-0.2, -0.15) is 23.5 Å². The first-order chi connectivity index (χ1) is 9.90. The molecule has 1 heterocycles. The molecule has 10 heteroatoms. The molecule has 1 aliphatic heterocycles. The lowest BCUT2D eigenvalue weighted by Gasteiger charge is -2.21. The van der Waals surface area contributed by atoms with Gasteiger partial charge in [-0.05, 0) is 12.1 Å². The summed E-state index contributed by atoms with van der Waals surface area (Å²) in [7, 11) is -3.77. The zero-order valence-electron chi connectivity index (χ0n) is 11.0. The van der Waals surface area contributed by atoms with E-state index in [0.717, 1.165) is 23.3 Å². The van der Waals surface area contributed by atoms with Crippen molar-refractivity contribution in [2.24, 2.45) is 0 Å². The summed E-state index contributed by atoms with van der Waals surface area (Å²) in [6.45, 7) is 0.318. The van der Waals surface area contributed by atoms with Crippen molar-refractivity contribution in [1.82, 2.24) is 4.72 Å². The summed E-state index contributed by atoms with van der Waals surface area (Å²) in [4.78, 5) is 9.98. The number of nitrogens with zero attached hydrogens (tertiary/aromatic N) is 1. The molecule has 0 aromatic heterocycles. The topological polar surface area (TPSA) is 115 Å². The van der Waals surface area contributed by atoms with Crippen molar-refractivity contribution in [3.8, 4) is 0 Å². The molecule has 1 aromatic carbocycles. The Morgan fingerprint density at radius 2 is 2.19 bits per heavy atom. The van der Waals surface area contributed by atoms with Crippen LogP contribution in [0.2, 0.25) is 0 Å². The van der Waals surface area contributed by atoms with Crippen molar-refractivity contribution in [2.75, 3.05) is 29.5 Å². The normalized spacial score (nSPS) is 19.3. The third-order valence-electron chi connectivity index (χ3n) is 2.89. The minimum Gasteiger partial charge on any atom is -0.393 e. The van der Waals surface area contributed by atoms with E-state index in [9.17, 15) is 18.5 Å². The summed E-state index contributed by atoms with van der Waals surface area (Å²) in [5.41, 5.74) is 5.00. The van der Waals surface area contributed by atoms with Gasteiger partial charge in [0.05, 0.1) is 9.82 Å². The van der Waals surface area contributed by atoms with Gasteiger partial charge in [0.2, 0.25) is 10.0 Å². The van der Waals surface area contributed by atoms with Crippen molar-refractivity contribution in [1.29, 1.82) is 0 Å². The summed E-state index contributed by atoms with van der Waals surface area (Å²) < 4.78 is 26.8. The zero-order chi connectivity index (χ0) is 15.5. The van der Waals surface area contributed by atoms with Gasteiger partial charge in [0.1, 0.15) is 5.69 Å². The fourth-order valence-corrected chi connectivity index (χ4v) is 5.61. The zero-order valence-corrected chi connectivity index (χ0v) is 13.5. The van der Waals surface area contributed by atoms with Crippen LogP contribution < -0.4 is 10.5 Å². The molecule has 1 saturated heterocycles. The van der Waals surface area contributed by atoms with Gasteiger partial charge in [0.25, 0.3) is 5.69 Å². The Morgan fingerprint density at radius 3 is 2.81 bits per heavy atom. The first-order valence-corrected chi connectivity index (χ1v) is 9.82. The number of nitrogens with one attached hydrogen (secondary N) is 1. The van der Waals surface area contributed by atoms with E-state index in [4.69, 9.17) is 5.73 Å². The van der Waals surface area contributed by atoms with Crippen molar-refractivity contribution in [3.05, 3.63) is 28.3 Å². The van der Waals surface area contributed by atoms with E-state index < -0.39 is 20.6 Å². The number of rotatable bonds is 5. The van der Waals surface area contributed by atoms with Crippen molar-refractivity contribution in [3.63, 3.8) is 0 Å². The Bertz CT molecular complexity index is 630. The van der Waals surface area contributed by atoms with E-state index >= 15 is 0 Å². The van der Waals surface area contributed by atoms with E-state index in [2.05, 4.69) is 4.72 Å². The number of benzene rings is 1. The lowest BCUT2D eigenvalue weighted by molar-refractivity contribution is -0.384. The Kier molecular flexibility index (Phi) is 5.36. The third kappa shape index (κ3) is 4.25. The van der Waals surface area contributed by atoms with Crippen LogP contribution in [-0.2, 0) is 10.0 Å². The number of nitrogens with two attached hydrogens (primary N) is 1. The molecule has 7 nitrogen and oxygen atoms in total. The summed E-state index contributed by atoms with van der Waals surface area (Å²) in [6, 6.07) is 3.49. The van der Waals surface area contributed by atoms with Crippen LogP contribution in [-0.4, -0.2) is 42.4 Å². The molecule has 0 bridgehead atoms. The Morgan fingerprint density at radius 1 is 1.43 bits per heavy atom. The maximum atomic E-state index is 12.2. The van der Waals surface area contributed by atoms with Gasteiger partial charge in [0, 0.05) is 35.1 Å². The third-order valence-corrected chi connectivity index (χ3v) is 7.16. The molecule has 3 N–H and O–H groups in total. The maximum absolute atomic E-state index is 12.2. The van der Waals surface area contributed by atoms with Gasteiger partial charge in [0.15, 0.2) is 0 Å². The monoisotopic (exact) mass is 349 g/mol. The van der Waals surface area contributed by atoms with Gasteiger partial charge in [-0.25, -0.2) is 13.1 Å². The van der Waals surface area contributed by atoms with Gasteiger partial charge >= 0.3 is 0 Å². The molecule has 21 heavy (non-hydrogen) atoms. The summed E-state index contributed by atoms with van der Waals surface area (Å²) in [5.74, 6) is 2.98. The largest absolute Gasteiger partial charge is 0.393 e. The van der Waals surface area contributed by atoms with E-state index in [1.165, 1.54) is 12.1 Å². The highest BCUT2D eigenvalue weighted by Crippen LogP contribution is 2.26. The molecule has 1 aromatic rings. The second kappa shape index (κ2) is 6.86. The van der Waals surface area contributed by atoms with Crippen LogP contribution in [0, 0.1) is 10.1 Å². The SMILES string of the molecule is Nc1ccc(S(=O)(=O)NCC2CSCCS2)cc1[N+](=O)[O-]. The molecule has 1 unspecified atom stereocenters. The summed E-state index contributed by atoms with van der Waals surface area (Å²) in [5, 5.41) is 11.0. The van der Waals surface area contributed by atoms with Gasteiger partial charge in [-0.15, -0.1) is 0 Å². The fourth-order valence-electron chi connectivity index (χ4n) is 1.79. The second-order valence-corrected chi connectivity index (χ2v) is 8.72. The second-order valence-electron chi connectivity index (χ2n) is 4.40. The molecular weight excluding hydrogens is 334 g/mol. The first kappa shape index (κ1) is 16.4. The minimum absolute atomic E-state index is 0.0572. The van der Waals surface area contributed by atoms with Gasteiger partial charge in [-0.1, -0.05) is 0 Å². The van der Waals surface area contributed by atoms with Crippen LogP contribution >= 0.6 is 23.5 Å². The molecule has 2 rings (SSSR count). The molecule has 0 radical (unpaired) electrons. The van der Waals surface area contributed by atoms with Crippen LogP contribution in [0.25, 0.3) is 0 Å². The smallest absolute Gasteiger partial charge is 0.293 e. The Balaban J connectivity index is 2.11. The number of nitro groups is 1. The highest BCUT2D eigenvalue weighted by Gasteiger charge is 2.22. The molecular formula is C11H15N3O4S3. The van der Waals surface area contributed by atoms with Crippen LogP contribution in [0.5, 0.6) is 0 Å². The molecule has 0 aliphatic carbocycles.